The van der Waals surface area contributed by atoms with Crippen LogP contribution in [0.4, 0.5) is 0 Å². The third-order valence-electron chi connectivity index (χ3n) is 2.89. The molecule has 0 amide bonds. The molecule has 0 heterocycles. The van der Waals surface area contributed by atoms with E-state index in [1.54, 1.807) is 0 Å². The predicted molar refractivity (Wildman–Crippen MR) is 81.1 cm³/mol. The standard InChI is InChI=1S/C15H16N2O2S/c16-14(17-18)11-20(19)15(12-7-3-1-4-8-12)13-9-5-2-6-10-13/h1-10,15,18H,11H2,(H2,16,17). The molecule has 2 aromatic rings. The summed E-state index contributed by atoms with van der Waals surface area (Å²) in [5.41, 5.74) is 7.37. The van der Waals surface area contributed by atoms with Crippen molar-refractivity contribution in [3.05, 3.63) is 71.8 Å². The van der Waals surface area contributed by atoms with Gasteiger partial charge < -0.3 is 15.5 Å². The molecule has 2 aromatic carbocycles. The Balaban J connectivity index is 2.35. The molecule has 0 saturated carbocycles. The van der Waals surface area contributed by atoms with Gasteiger partial charge in [-0.15, -0.1) is 0 Å². The van der Waals surface area contributed by atoms with Gasteiger partial charge in [-0.25, -0.2) is 0 Å². The molecule has 1 unspecified atom stereocenters. The van der Waals surface area contributed by atoms with Crippen molar-refractivity contribution in [1.82, 2.24) is 0 Å². The van der Waals surface area contributed by atoms with Gasteiger partial charge in [-0.05, 0) is 11.2 Å². The van der Waals surface area contributed by atoms with E-state index in [1.165, 1.54) is 0 Å². The van der Waals surface area contributed by atoms with E-state index in [9.17, 15) is 4.55 Å². The fourth-order valence-corrected chi connectivity index (χ4v) is 3.45. The van der Waals surface area contributed by atoms with Gasteiger partial charge in [0.15, 0.2) is 16.8 Å². The first-order chi connectivity index (χ1) is 9.72. The Labute approximate surface area is 121 Å². The molecule has 0 aliphatic heterocycles. The Morgan fingerprint density at radius 2 is 1.50 bits per heavy atom. The maximum atomic E-state index is 12.6. The lowest BCUT2D eigenvalue weighted by molar-refractivity contribution is 0.318. The number of benzene rings is 2. The number of nitrogens with two attached hydrogens (primary N) is 1. The van der Waals surface area contributed by atoms with E-state index >= 15 is 0 Å². The summed E-state index contributed by atoms with van der Waals surface area (Å²) >= 11 is -1.31. The van der Waals surface area contributed by atoms with E-state index in [0.717, 1.165) is 11.1 Å². The largest absolute Gasteiger partial charge is 0.615 e. The summed E-state index contributed by atoms with van der Waals surface area (Å²) in [6, 6.07) is 19.2. The fraction of sp³-hybridized carbons (Fsp3) is 0.133. The minimum absolute atomic E-state index is 0.0276. The number of hydrogen-bond acceptors (Lipinski definition) is 3. The van der Waals surface area contributed by atoms with Crippen LogP contribution in [-0.4, -0.2) is 21.3 Å². The molecule has 0 spiro atoms. The minimum atomic E-state index is -1.31. The van der Waals surface area contributed by atoms with Gasteiger partial charge in [0.1, 0.15) is 0 Å². The van der Waals surface area contributed by atoms with Gasteiger partial charge in [-0.2, -0.15) is 0 Å². The normalized spacial score (nSPS) is 13.4. The molecule has 104 valence electrons. The average molecular weight is 288 g/mol. The van der Waals surface area contributed by atoms with Crippen LogP contribution >= 0.6 is 0 Å². The van der Waals surface area contributed by atoms with E-state index < -0.39 is 11.2 Å². The molecule has 2 rings (SSSR count). The minimum Gasteiger partial charge on any atom is -0.615 e. The lowest BCUT2D eigenvalue weighted by Crippen LogP contribution is -2.28. The van der Waals surface area contributed by atoms with Gasteiger partial charge >= 0.3 is 0 Å². The number of nitrogens with zero attached hydrogens (tertiary/aromatic N) is 1. The Morgan fingerprint density at radius 1 is 1.05 bits per heavy atom. The zero-order chi connectivity index (χ0) is 14.4. The van der Waals surface area contributed by atoms with E-state index in [4.69, 9.17) is 10.9 Å². The first-order valence-corrected chi connectivity index (χ1v) is 7.54. The molecule has 1 atom stereocenters. The molecule has 0 fully saturated rings. The molecule has 3 N–H and O–H groups in total. The number of rotatable bonds is 5. The lowest BCUT2D eigenvalue weighted by atomic mass is 10.0. The second kappa shape index (κ2) is 6.98. The van der Waals surface area contributed by atoms with Gasteiger partial charge in [0.05, 0.1) is 0 Å². The Kier molecular flexibility index (Phi) is 5.03. The summed E-state index contributed by atoms with van der Waals surface area (Å²) in [6.07, 6.45) is 0. The molecule has 0 aromatic heterocycles. The van der Waals surface area contributed by atoms with Crippen molar-refractivity contribution in [1.29, 1.82) is 0 Å². The lowest BCUT2D eigenvalue weighted by Gasteiger charge is -2.22. The van der Waals surface area contributed by atoms with Gasteiger partial charge in [-0.3, -0.25) is 0 Å². The van der Waals surface area contributed by atoms with Crippen LogP contribution in [-0.2, 0) is 11.2 Å². The molecule has 20 heavy (non-hydrogen) atoms. The molecule has 4 nitrogen and oxygen atoms in total. The highest BCUT2D eigenvalue weighted by atomic mass is 32.2. The monoisotopic (exact) mass is 288 g/mol. The summed E-state index contributed by atoms with van der Waals surface area (Å²) in [5, 5.41) is 11.2. The van der Waals surface area contributed by atoms with Crippen molar-refractivity contribution in [3.63, 3.8) is 0 Å². The first-order valence-electron chi connectivity index (χ1n) is 6.16. The maximum absolute atomic E-state index is 12.6. The number of oxime groups is 1. The van der Waals surface area contributed by atoms with Crippen LogP contribution < -0.4 is 5.73 Å². The van der Waals surface area contributed by atoms with E-state index in [2.05, 4.69) is 5.16 Å². The molecule has 5 heteroatoms. The molecule has 0 bridgehead atoms. The average Bonchev–Trinajstić information content (AvgIpc) is 2.49. The van der Waals surface area contributed by atoms with Gasteiger partial charge in [0.25, 0.3) is 0 Å². The third kappa shape index (κ3) is 3.53. The molecule has 0 aliphatic rings. The Morgan fingerprint density at radius 3 is 1.90 bits per heavy atom. The van der Waals surface area contributed by atoms with Crippen molar-refractivity contribution >= 4 is 17.0 Å². The van der Waals surface area contributed by atoms with E-state index in [1.807, 2.05) is 60.7 Å². The van der Waals surface area contributed by atoms with E-state index in [0.29, 0.717) is 0 Å². The SMILES string of the molecule is NC(C[S+]([O-])C(c1ccccc1)c1ccccc1)=NO. The predicted octanol–water partition coefficient (Wildman–Crippen LogP) is 2.27. The number of amidine groups is 1. The molecular weight excluding hydrogens is 272 g/mol. The third-order valence-corrected chi connectivity index (χ3v) is 4.54. The van der Waals surface area contributed by atoms with Crippen LogP contribution in [0.2, 0.25) is 0 Å². The highest BCUT2D eigenvalue weighted by Crippen LogP contribution is 2.30. The fourth-order valence-electron chi connectivity index (χ4n) is 2.01. The van der Waals surface area contributed by atoms with Crippen LogP contribution in [0.5, 0.6) is 0 Å². The highest BCUT2D eigenvalue weighted by molar-refractivity contribution is 7.92. The maximum Gasteiger partial charge on any atom is 0.189 e. The highest BCUT2D eigenvalue weighted by Gasteiger charge is 2.27. The summed E-state index contributed by atoms with van der Waals surface area (Å²) < 4.78 is 12.6. The van der Waals surface area contributed by atoms with Gasteiger partial charge in [0, 0.05) is 11.1 Å². The Bertz CT molecular complexity index is 521. The van der Waals surface area contributed by atoms with Crippen LogP contribution in [0, 0.1) is 0 Å². The quantitative estimate of drug-likeness (QED) is 0.291. The second-order valence-electron chi connectivity index (χ2n) is 4.32. The summed E-state index contributed by atoms with van der Waals surface area (Å²) in [5.74, 6) is 0.00510. The van der Waals surface area contributed by atoms with Crippen molar-refractivity contribution in [2.24, 2.45) is 10.9 Å². The van der Waals surface area contributed by atoms with Crippen LogP contribution in [0.3, 0.4) is 0 Å². The topological polar surface area (TPSA) is 81.7 Å². The summed E-state index contributed by atoms with van der Waals surface area (Å²) in [6.45, 7) is 0. The smallest absolute Gasteiger partial charge is 0.189 e. The number of hydrogen-bond donors (Lipinski definition) is 2. The Hall–Kier alpha value is -1.98. The van der Waals surface area contributed by atoms with Gasteiger partial charge in [-0.1, -0.05) is 65.8 Å². The van der Waals surface area contributed by atoms with Crippen LogP contribution in [0.15, 0.2) is 65.8 Å². The van der Waals surface area contributed by atoms with Crippen molar-refractivity contribution in [3.8, 4) is 0 Å². The zero-order valence-corrected chi connectivity index (χ0v) is 11.7. The van der Waals surface area contributed by atoms with Gasteiger partial charge in [0.2, 0.25) is 0 Å². The second-order valence-corrected chi connectivity index (χ2v) is 5.84. The summed E-state index contributed by atoms with van der Waals surface area (Å²) in [7, 11) is 0. The van der Waals surface area contributed by atoms with Crippen molar-refractivity contribution < 1.29 is 9.76 Å². The summed E-state index contributed by atoms with van der Waals surface area (Å²) in [4.78, 5) is 0. The van der Waals surface area contributed by atoms with Crippen LogP contribution in [0.25, 0.3) is 0 Å². The van der Waals surface area contributed by atoms with Crippen molar-refractivity contribution in [2.75, 3.05) is 5.75 Å². The molecular formula is C15H16N2O2S. The first kappa shape index (κ1) is 14.4. The molecule has 0 saturated heterocycles. The van der Waals surface area contributed by atoms with E-state index in [-0.39, 0.29) is 16.8 Å². The molecule has 0 radical (unpaired) electrons. The molecule has 0 aliphatic carbocycles. The van der Waals surface area contributed by atoms with Crippen molar-refractivity contribution in [2.45, 2.75) is 5.25 Å². The van der Waals surface area contributed by atoms with Crippen LogP contribution in [0.1, 0.15) is 16.4 Å². The zero-order valence-electron chi connectivity index (χ0n) is 10.8.